The van der Waals surface area contributed by atoms with Crippen LogP contribution in [0.2, 0.25) is 0 Å². The summed E-state index contributed by atoms with van der Waals surface area (Å²) in [6.45, 7) is 0. The predicted octanol–water partition coefficient (Wildman–Crippen LogP) is 2.74. The molecule has 1 aliphatic rings. The molecule has 1 aromatic rings. The van der Waals surface area contributed by atoms with E-state index in [1.165, 1.54) is 11.1 Å². The van der Waals surface area contributed by atoms with Crippen LogP contribution in [0.25, 0.3) is 0 Å². The number of fused-ring (bicyclic) bond motifs is 1. The van der Waals surface area contributed by atoms with Crippen LogP contribution in [0, 0.1) is 0 Å². The van der Waals surface area contributed by atoms with Crippen LogP contribution >= 0.6 is 23.5 Å². The molecule has 0 unspecified atom stereocenters. The van der Waals surface area contributed by atoms with E-state index in [-0.39, 0.29) is 0 Å². The van der Waals surface area contributed by atoms with Gasteiger partial charge in [-0.1, -0.05) is 24.3 Å². The quantitative estimate of drug-likeness (QED) is 0.674. The minimum absolute atomic E-state index is 0.368. The zero-order valence-electron chi connectivity index (χ0n) is 7.86. The second kappa shape index (κ2) is 4.89. The van der Waals surface area contributed by atoms with Gasteiger partial charge in [0.25, 0.3) is 0 Å². The number of thioether (sulfide) groups is 2. The SMILES string of the molecule is O=C1CSCc2ccccc2CSC1. The molecule has 0 radical (unpaired) electrons. The molecule has 14 heavy (non-hydrogen) atoms. The molecule has 1 aliphatic heterocycles. The molecule has 0 N–H and O–H groups in total. The van der Waals surface area contributed by atoms with E-state index in [4.69, 9.17) is 0 Å². The topological polar surface area (TPSA) is 17.1 Å². The summed E-state index contributed by atoms with van der Waals surface area (Å²) in [4.78, 5) is 11.3. The Hall–Kier alpha value is -0.410. The van der Waals surface area contributed by atoms with Gasteiger partial charge in [-0.3, -0.25) is 4.79 Å². The third-order valence-corrected chi connectivity index (χ3v) is 4.24. The third kappa shape index (κ3) is 2.55. The largest absolute Gasteiger partial charge is 0.298 e. The summed E-state index contributed by atoms with van der Waals surface area (Å²) < 4.78 is 0. The van der Waals surface area contributed by atoms with Crippen molar-refractivity contribution in [2.45, 2.75) is 11.5 Å². The van der Waals surface area contributed by atoms with Crippen LogP contribution in [0.4, 0.5) is 0 Å². The Kier molecular flexibility index (Phi) is 3.54. The second-order valence-corrected chi connectivity index (χ2v) is 5.26. The van der Waals surface area contributed by atoms with E-state index in [1.54, 1.807) is 23.5 Å². The van der Waals surface area contributed by atoms with Crippen molar-refractivity contribution in [3.05, 3.63) is 35.4 Å². The van der Waals surface area contributed by atoms with E-state index >= 15 is 0 Å². The highest BCUT2D eigenvalue weighted by Gasteiger charge is 2.09. The Morgan fingerprint density at radius 3 is 1.86 bits per heavy atom. The van der Waals surface area contributed by atoms with E-state index in [0.29, 0.717) is 17.3 Å². The average Bonchev–Trinajstić information content (AvgIpc) is 2.28. The molecular weight excluding hydrogens is 212 g/mol. The Balaban J connectivity index is 2.17. The van der Waals surface area contributed by atoms with Crippen LogP contribution in [0.5, 0.6) is 0 Å². The van der Waals surface area contributed by atoms with Crippen molar-refractivity contribution in [1.29, 1.82) is 0 Å². The zero-order valence-corrected chi connectivity index (χ0v) is 9.50. The van der Waals surface area contributed by atoms with Gasteiger partial charge in [-0.15, -0.1) is 23.5 Å². The third-order valence-electron chi connectivity index (χ3n) is 2.16. The van der Waals surface area contributed by atoms with Crippen LogP contribution < -0.4 is 0 Å². The van der Waals surface area contributed by atoms with Gasteiger partial charge < -0.3 is 0 Å². The van der Waals surface area contributed by atoms with Gasteiger partial charge in [0.15, 0.2) is 5.78 Å². The molecule has 0 fully saturated rings. The van der Waals surface area contributed by atoms with Crippen molar-refractivity contribution >= 4 is 29.3 Å². The monoisotopic (exact) mass is 224 g/mol. The Morgan fingerprint density at radius 1 is 0.857 bits per heavy atom. The summed E-state index contributed by atoms with van der Waals surface area (Å²) in [5.74, 6) is 3.65. The van der Waals surface area contributed by atoms with Crippen molar-refractivity contribution in [1.82, 2.24) is 0 Å². The van der Waals surface area contributed by atoms with Crippen LogP contribution in [0.1, 0.15) is 11.1 Å². The minimum Gasteiger partial charge on any atom is -0.298 e. The molecule has 0 saturated heterocycles. The molecule has 1 aromatic carbocycles. The number of hydrogen-bond acceptors (Lipinski definition) is 3. The van der Waals surface area contributed by atoms with Crippen molar-refractivity contribution in [3.63, 3.8) is 0 Å². The molecule has 1 heterocycles. The van der Waals surface area contributed by atoms with Crippen LogP contribution in [0.15, 0.2) is 24.3 Å². The molecule has 0 aliphatic carbocycles. The molecule has 3 heteroatoms. The number of carbonyl (C=O) groups is 1. The Morgan fingerprint density at radius 2 is 1.36 bits per heavy atom. The van der Waals surface area contributed by atoms with Crippen LogP contribution in [-0.2, 0) is 16.3 Å². The first-order valence-electron chi connectivity index (χ1n) is 4.60. The summed E-state index contributed by atoms with van der Waals surface area (Å²) in [5, 5.41) is 0. The first-order chi connectivity index (χ1) is 6.86. The van der Waals surface area contributed by atoms with Crippen molar-refractivity contribution in [2.75, 3.05) is 11.5 Å². The van der Waals surface area contributed by atoms with Crippen LogP contribution in [-0.4, -0.2) is 17.3 Å². The van der Waals surface area contributed by atoms with E-state index in [0.717, 1.165) is 11.5 Å². The fourth-order valence-electron chi connectivity index (χ4n) is 1.43. The zero-order chi connectivity index (χ0) is 9.80. The van der Waals surface area contributed by atoms with E-state index < -0.39 is 0 Å². The highest BCUT2D eigenvalue weighted by molar-refractivity contribution is 8.00. The first kappa shape index (κ1) is 10.1. The normalized spacial score (nSPS) is 17.9. The van der Waals surface area contributed by atoms with Gasteiger partial charge in [0.05, 0.1) is 11.5 Å². The second-order valence-electron chi connectivity index (χ2n) is 3.29. The lowest BCUT2D eigenvalue weighted by atomic mass is 10.1. The maximum absolute atomic E-state index is 11.3. The summed E-state index contributed by atoms with van der Waals surface area (Å²) >= 11 is 3.46. The number of benzene rings is 1. The number of ketones is 1. The van der Waals surface area contributed by atoms with Crippen molar-refractivity contribution < 1.29 is 4.79 Å². The van der Waals surface area contributed by atoms with Crippen molar-refractivity contribution in [2.24, 2.45) is 0 Å². The Bertz CT molecular complexity index is 305. The minimum atomic E-state index is 0.368. The molecule has 0 aromatic heterocycles. The fourth-order valence-corrected chi connectivity index (χ4v) is 3.43. The molecule has 1 nitrogen and oxygen atoms in total. The van der Waals surface area contributed by atoms with Crippen LogP contribution in [0.3, 0.4) is 0 Å². The summed E-state index contributed by atoms with van der Waals surface area (Å²) in [6, 6.07) is 8.48. The molecule has 2 rings (SSSR count). The molecule has 0 saturated carbocycles. The maximum atomic E-state index is 11.3. The van der Waals surface area contributed by atoms with Gasteiger partial charge >= 0.3 is 0 Å². The number of carbonyl (C=O) groups excluding carboxylic acids is 1. The van der Waals surface area contributed by atoms with Crippen molar-refractivity contribution in [3.8, 4) is 0 Å². The van der Waals surface area contributed by atoms with E-state index in [2.05, 4.69) is 24.3 Å². The molecule has 0 atom stereocenters. The number of Topliss-reactive ketones (excluding diaryl/α,β-unsaturated/α-hetero) is 1. The van der Waals surface area contributed by atoms with Gasteiger partial charge in [0.1, 0.15) is 0 Å². The standard InChI is InChI=1S/C11H12OS2/c12-11-7-13-5-9-3-1-2-4-10(9)6-14-8-11/h1-4H,5-8H2. The van der Waals surface area contributed by atoms with Gasteiger partial charge in [0.2, 0.25) is 0 Å². The first-order valence-corrected chi connectivity index (χ1v) is 6.91. The Labute approximate surface area is 92.7 Å². The lowest BCUT2D eigenvalue weighted by Crippen LogP contribution is -2.03. The van der Waals surface area contributed by atoms with E-state index in [1.807, 2.05) is 0 Å². The number of rotatable bonds is 0. The molecule has 0 spiro atoms. The van der Waals surface area contributed by atoms with Gasteiger partial charge in [0, 0.05) is 11.5 Å². The molecule has 0 bridgehead atoms. The van der Waals surface area contributed by atoms with Gasteiger partial charge in [-0.2, -0.15) is 0 Å². The fraction of sp³-hybridized carbons (Fsp3) is 0.364. The summed E-state index contributed by atoms with van der Waals surface area (Å²) in [7, 11) is 0. The molecule has 0 amide bonds. The predicted molar refractivity (Wildman–Crippen MR) is 63.8 cm³/mol. The van der Waals surface area contributed by atoms with Gasteiger partial charge in [-0.25, -0.2) is 0 Å². The highest BCUT2D eigenvalue weighted by atomic mass is 32.2. The summed E-state index contributed by atoms with van der Waals surface area (Å²) in [5.41, 5.74) is 2.78. The molecular formula is C11H12OS2. The van der Waals surface area contributed by atoms with Gasteiger partial charge in [-0.05, 0) is 11.1 Å². The lowest BCUT2D eigenvalue weighted by Gasteiger charge is -2.05. The van der Waals surface area contributed by atoms with E-state index in [9.17, 15) is 4.79 Å². The maximum Gasteiger partial charge on any atom is 0.152 e. The average molecular weight is 224 g/mol. The highest BCUT2D eigenvalue weighted by Crippen LogP contribution is 2.23. The molecule has 74 valence electrons. The smallest absolute Gasteiger partial charge is 0.152 e. The number of hydrogen-bond donors (Lipinski definition) is 0. The lowest BCUT2D eigenvalue weighted by molar-refractivity contribution is -0.114. The summed E-state index contributed by atoms with van der Waals surface area (Å²) in [6.07, 6.45) is 0.